The van der Waals surface area contributed by atoms with E-state index in [2.05, 4.69) is 50.3 Å². The van der Waals surface area contributed by atoms with Gasteiger partial charge in [-0.25, -0.2) is 0 Å². The Balaban J connectivity index is 0.00000217. The van der Waals surface area contributed by atoms with Gasteiger partial charge in [-0.1, -0.05) is 18.2 Å². The molecule has 47 heavy (non-hydrogen) atoms. The zero-order valence-corrected chi connectivity index (χ0v) is 29.0. The quantitative estimate of drug-likeness (QED) is 0.309. The Morgan fingerprint density at radius 1 is 0.809 bits per heavy atom. The van der Waals surface area contributed by atoms with Gasteiger partial charge in [0.15, 0.2) is 34.5 Å². The van der Waals surface area contributed by atoms with Gasteiger partial charge < -0.3 is 46.1 Å². The lowest BCUT2D eigenvalue weighted by molar-refractivity contribution is -0.923. The van der Waals surface area contributed by atoms with Crippen molar-refractivity contribution >= 4 is 12.4 Å². The maximum absolute atomic E-state index is 11.5. The predicted molar refractivity (Wildman–Crippen MR) is 180 cm³/mol. The highest BCUT2D eigenvalue weighted by Gasteiger charge is 2.41. The van der Waals surface area contributed by atoms with E-state index >= 15 is 0 Å². The first-order valence-corrected chi connectivity index (χ1v) is 15.6. The minimum Gasteiger partial charge on any atom is -1.00 e. The van der Waals surface area contributed by atoms with Gasteiger partial charge in [-0.2, -0.15) is 0 Å². The maximum Gasteiger partial charge on any atom is 0.201 e. The summed E-state index contributed by atoms with van der Waals surface area (Å²) in [5, 5.41) is 22.4. The van der Waals surface area contributed by atoms with Crippen molar-refractivity contribution in [1.82, 2.24) is 4.90 Å². The van der Waals surface area contributed by atoms with Crippen LogP contribution >= 0.6 is 12.4 Å². The van der Waals surface area contributed by atoms with Crippen LogP contribution in [0.2, 0.25) is 0 Å². The van der Waals surface area contributed by atoms with E-state index in [0.29, 0.717) is 45.4 Å². The molecule has 2 N–H and O–H groups in total. The molecule has 0 spiro atoms. The Labute approximate surface area is 288 Å². The monoisotopic (exact) mass is 680 g/mol. The van der Waals surface area contributed by atoms with Crippen LogP contribution in [0, 0.1) is 0 Å². The number of phenolic OH excluding ortho intramolecular Hbond substituents is 2. The number of hydrogen-bond acceptors (Lipinski definition) is 7. The summed E-state index contributed by atoms with van der Waals surface area (Å²) >= 11 is 0. The van der Waals surface area contributed by atoms with Crippen molar-refractivity contribution in [2.24, 2.45) is 0 Å². The van der Waals surface area contributed by atoms with E-state index < -0.39 is 0 Å². The second kappa shape index (κ2) is 13.4. The fraction of sp³-hybridized carbons (Fsp3) is 0.351. The van der Waals surface area contributed by atoms with E-state index in [0.717, 1.165) is 49.0 Å². The zero-order valence-electron chi connectivity index (χ0n) is 27.4. The van der Waals surface area contributed by atoms with E-state index in [1.807, 2.05) is 30.3 Å². The van der Waals surface area contributed by atoms with Crippen LogP contribution in [-0.4, -0.2) is 68.0 Å². The van der Waals surface area contributed by atoms with Gasteiger partial charge in [-0.3, -0.25) is 4.90 Å². The van der Waals surface area contributed by atoms with Crippen molar-refractivity contribution in [3.8, 4) is 46.0 Å². The molecule has 8 rings (SSSR count). The zero-order chi connectivity index (χ0) is 31.5. The van der Waals surface area contributed by atoms with Crippen LogP contribution in [0.4, 0.5) is 0 Å². The van der Waals surface area contributed by atoms with Crippen LogP contribution in [0.5, 0.6) is 46.0 Å². The average Bonchev–Trinajstić information content (AvgIpc) is 3.03. The highest BCUT2D eigenvalue weighted by Crippen LogP contribution is 2.51. The summed E-state index contributed by atoms with van der Waals surface area (Å²) in [5.74, 6) is 3.14. The van der Waals surface area contributed by atoms with Crippen LogP contribution in [0.3, 0.4) is 0 Å². The molecule has 0 aliphatic carbocycles. The standard InChI is InChI=1S/C37H40N2O6.2ClH/c1-38-14-12-24-19-32(42-4)33-21-27(24)28(38)16-22-6-9-26(10-7-22)44-37-35-25(20-34(43-5)36(37)41)13-15-39(2,3)29(35)17-23-8-11-30(40)31(18-23)45-33;;/h6-11,18-21,28-29H,12-17H2,1-5H3,(H-,40,41);2*1H/t28-,29+;;/m1../s1. The largest absolute Gasteiger partial charge is 1.00 e. The number of fused-ring (bicyclic) bond motifs is 2. The average molecular weight is 682 g/mol. The van der Waals surface area contributed by atoms with Crippen molar-refractivity contribution in [2.75, 3.05) is 48.5 Å². The lowest BCUT2D eigenvalue weighted by Gasteiger charge is -2.43. The number of hydrogen-bond donors (Lipinski definition) is 2. The number of likely N-dealkylation sites (N-methyl/N-ethyl adjacent to an activating group) is 2. The van der Waals surface area contributed by atoms with Gasteiger partial charge >= 0.3 is 0 Å². The minimum absolute atomic E-state index is 0. The molecular weight excluding hydrogens is 639 g/mol. The number of phenols is 2. The molecule has 2 atom stereocenters. The smallest absolute Gasteiger partial charge is 0.201 e. The second-order valence-corrected chi connectivity index (χ2v) is 13.1. The SMILES string of the molecule is COc1cc2c3cc1Oc1cc(ccc1O)C[C@H]1c4c(cc(OC)c(O)c4Oc4ccc(cc4)C[C@H]3N(C)CC2)CC[N+]1(C)C.Cl.[Cl-]. The van der Waals surface area contributed by atoms with Crippen molar-refractivity contribution in [2.45, 2.75) is 37.8 Å². The second-order valence-electron chi connectivity index (χ2n) is 13.1. The third-order valence-corrected chi connectivity index (χ3v) is 9.99. The third kappa shape index (κ3) is 6.27. The number of aromatic hydroxyl groups is 2. The van der Waals surface area contributed by atoms with E-state index in [1.165, 1.54) is 16.7 Å². The Kier molecular flexibility index (Phi) is 9.81. The number of rotatable bonds is 2. The molecule has 10 heteroatoms. The molecule has 0 fully saturated rings. The molecule has 0 aromatic heterocycles. The Morgan fingerprint density at radius 2 is 1.51 bits per heavy atom. The number of methoxy groups -OCH3 is 2. The van der Waals surface area contributed by atoms with Gasteiger partial charge in [-0.15, -0.1) is 12.4 Å². The first-order chi connectivity index (χ1) is 21.6. The molecule has 0 amide bonds. The number of halogens is 2. The molecule has 0 radical (unpaired) electrons. The number of benzene rings is 4. The molecule has 8 nitrogen and oxygen atoms in total. The van der Waals surface area contributed by atoms with Crippen LogP contribution in [0.25, 0.3) is 0 Å². The topological polar surface area (TPSA) is 80.6 Å². The number of nitrogens with zero attached hydrogens (tertiary/aromatic N) is 2. The van der Waals surface area contributed by atoms with E-state index in [-0.39, 0.29) is 48.4 Å². The predicted octanol–water partition coefficient (Wildman–Crippen LogP) is 4.13. The van der Waals surface area contributed by atoms with Gasteiger partial charge in [0, 0.05) is 25.4 Å². The van der Waals surface area contributed by atoms with Crippen LogP contribution in [-0.2, 0) is 25.7 Å². The molecule has 0 unspecified atom stereocenters. The van der Waals surface area contributed by atoms with Crippen molar-refractivity contribution in [1.29, 1.82) is 0 Å². The fourth-order valence-electron chi connectivity index (χ4n) is 7.27. The Bertz CT molecular complexity index is 1780. The molecule has 6 bridgehead atoms. The molecule has 4 aliphatic rings. The summed E-state index contributed by atoms with van der Waals surface area (Å²) in [5.41, 5.74) is 6.66. The number of quaternary nitrogens is 1. The molecule has 4 aromatic rings. The summed E-state index contributed by atoms with van der Waals surface area (Å²) in [6, 6.07) is 19.9. The summed E-state index contributed by atoms with van der Waals surface area (Å²) < 4.78 is 25.2. The Hall–Kier alpha value is -3.82. The van der Waals surface area contributed by atoms with Crippen LogP contribution in [0.15, 0.2) is 60.7 Å². The summed E-state index contributed by atoms with van der Waals surface area (Å²) in [6.45, 7) is 1.84. The van der Waals surface area contributed by atoms with E-state index in [1.54, 1.807) is 20.3 Å². The molecule has 250 valence electrons. The van der Waals surface area contributed by atoms with Gasteiger partial charge in [0.2, 0.25) is 5.75 Å². The summed E-state index contributed by atoms with van der Waals surface area (Å²) in [6.07, 6.45) is 3.16. The number of ether oxygens (including phenoxy) is 4. The van der Waals surface area contributed by atoms with Crippen molar-refractivity contribution < 1.29 is 46.1 Å². The normalized spacial score (nSPS) is 19.3. The highest BCUT2D eigenvalue weighted by atomic mass is 35.5. The van der Waals surface area contributed by atoms with Crippen LogP contribution < -0.4 is 31.4 Å². The summed E-state index contributed by atoms with van der Waals surface area (Å²) in [7, 11) is 9.80. The summed E-state index contributed by atoms with van der Waals surface area (Å²) in [4.78, 5) is 2.38. The van der Waals surface area contributed by atoms with E-state index in [9.17, 15) is 10.2 Å². The minimum atomic E-state index is -0.0503. The molecule has 4 aliphatic heterocycles. The Morgan fingerprint density at radius 3 is 2.23 bits per heavy atom. The first kappa shape index (κ1) is 34.5. The fourth-order valence-corrected chi connectivity index (χ4v) is 7.27. The van der Waals surface area contributed by atoms with Gasteiger partial charge in [0.25, 0.3) is 0 Å². The molecule has 0 saturated carbocycles. The lowest BCUT2D eigenvalue weighted by atomic mass is 9.86. The molecule has 4 aromatic carbocycles. The van der Waals surface area contributed by atoms with Crippen LogP contribution in [0.1, 0.15) is 45.5 Å². The maximum atomic E-state index is 11.5. The third-order valence-electron chi connectivity index (χ3n) is 9.99. The van der Waals surface area contributed by atoms with E-state index in [4.69, 9.17) is 18.9 Å². The van der Waals surface area contributed by atoms with Crippen molar-refractivity contribution in [3.63, 3.8) is 0 Å². The van der Waals surface area contributed by atoms with Gasteiger partial charge in [0.05, 0.1) is 40.4 Å². The molecular formula is C37H42Cl2N2O6. The van der Waals surface area contributed by atoms with Gasteiger partial charge in [0.1, 0.15) is 11.8 Å². The molecule has 4 heterocycles. The molecule has 0 saturated heterocycles. The first-order valence-electron chi connectivity index (χ1n) is 15.6. The van der Waals surface area contributed by atoms with Crippen molar-refractivity contribution in [3.05, 3.63) is 94.0 Å². The highest BCUT2D eigenvalue weighted by molar-refractivity contribution is 5.85. The lowest BCUT2D eigenvalue weighted by Crippen LogP contribution is -3.00. The van der Waals surface area contributed by atoms with Gasteiger partial charge in [-0.05, 0) is 90.2 Å².